The van der Waals surface area contributed by atoms with E-state index in [4.69, 9.17) is 4.74 Å². The molecule has 146 valence electrons. The van der Waals surface area contributed by atoms with Gasteiger partial charge in [0.05, 0.1) is 12.8 Å². The highest BCUT2D eigenvalue weighted by molar-refractivity contribution is 7.10. The van der Waals surface area contributed by atoms with Gasteiger partial charge in [-0.15, -0.1) is 11.3 Å². The van der Waals surface area contributed by atoms with E-state index in [2.05, 4.69) is 4.98 Å². The maximum Gasteiger partial charge on any atom is 0.253 e. The first-order valence-electron chi connectivity index (χ1n) is 9.24. The van der Waals surface area contributed by atoms with Gasteiger partial charge in [0, 0.05) is 29.6 Å². The van der Waals surface area contributed by atoms with Crippen molar-refractivity contribution in [1.29, 1.82) is 0 Å². The van der Waals surface area contributed by atoms with Crippen LogP contribution in [0.25, 0.3) is 11.3 Å². The summed E-state index contributed by atoms with van der Waals surface area (Å²) < 4.78 is 5.15. The van der Waals surface area contributed by atoms with E-state index in [-0.39, 0.29) is 5.91 Å². The summed E-state index contributed by atoms with van der Waals surface area (Å²) in [4.78, 5) is 19.0. The van der Waals surface area contributed by atoms with Gasteiger partial charge in [-0.3, -0.25) is 4.79 Å². The van der Waals surface area contributed by atoms with E-state index in [9.17, 15) is 9.90 Å². The predicted octanol–water partition coefficient (Wildman–Crippen LogP) is 4.38. The molecule has 3 rings (SSSR count). The van der Waals surface area contributed by atoms with Crippen LogP contribution in [-0.4, -0.2) is 41.1 Å². The quantitative estimate of drug-likeness (QED) is 0.644. The number of nitrogens with zero attached hydrogens (tertiary/aromatic N) is 2. The van der Waals surface area contributed by atoms with Gasteiger partial charge in [-0.1, -0.05) is 24.3 Å². The number of rotatable bonds is 7. The maximum absolute atomic E-state index is 12.6. The van der Waals surface area contributed by atoms with Crippen LogP contribution in [0.3, 0.4) is 0 Å². The second-order valence-electron chi connectivity index (χ2n) is 6.30. The lowest BCUT2D eigenvalue weighted by Gasteiger charge is -2.18. The van der Waals surface area contributed by atoms with Gasteiger partial charge in [-0.25, -0.2) is 4.98 Å². The normalized spacial score (nSPS) is 11.9. The van der Waals surface area contributed by atoms with Crippen LogP contribution in [0.5, 0.6) is 5.75 Å². The molecule has 5 nitrogen and oxygen atoms in total. The first-order valence-corrected chi connectivity index (χ1v) is 10.1. The van der Waals surface area contributed by atoms with Crippen molar-refractivity contribution in [3.63, 3.8) is 0 Å². The number of methoxy groups -OCH3 is 1. The van der Waals surface area contributed by atoms with Gasteiger partial charge >= 0.3 is 0 Å². The van der Waals surface area contributed by atoms with Crippen molar-refractivity contribution in [2.75, 3.05) is 20.2 Å². The Labute approximate surface area is 169 Å². The molecule has 1 unspecified atom stereocenters. The fourth-order valence-electron chi connectivity index (χ4n) is 2.98. The first-order chi connectivity index (χ1) is 13.6. The molecule has 1 N–H and O–H groups in total. The number of hydrogen-bond donors (Lipinski definition) is 1. The van der Waals surface area contributed by atoms with Gasteiger partial charge in [0.25, 0.3) is 5.91 Å². The third kappa shape index (κ3) is 4.24. The fourth-order valence-corrected chi connectivity index (χ4v) is 3.82. The zero-order chi connectivity index (χ0) is 20.1. The van der Waals surface area contributed by atoms with Crippen molar-refractivity contribution in [2.45, 2.75) is 20.0 Å². The highest BCUT2D eigenvalue weighted by Gasteiger charge is 2.17. The molecule has 0 radical (unpaired) electrons. The number of benzene rings is 2. The molecule has 0 saturated carbocycles. The molecule has 0 aliphatic carbocycles. The molecular formula is C22H24N2O3S. The van der Waals surface area contributed by atoms with E-state index < -0.39 is 6.10 Å². The molecule has 28 heavy (non-hydrogen) atoms. The molecule has 1 amide bonds. The Kier molecular flexibility index (Phi) is 6.44. The van der Waals surface area contributed by atoms with Crippen LogP contribution in [0.2, 0.25) is 0 Å². The van der Waals surface area contributed by atoms with Crippen molar-refractivity contribution in [3.05, 3.63) is 70.0 Å². The number of hydrogen-bond acceptors (Lipinski definition) is 5. The Hall–Kier alpha value is -2.70. The van der Waals surface area contributed by atoms with Crippen molar-refractivity contribution < 1.29 is 14.6 Å². The van der Waals surface area contributed by atoms with E-state index >= 15 is 0 Å². The van der Waals surface area contributed by atoms with Crippen molar-refractivity contribution in [1.82, 2.24) is 9.88 Å². The summed E-state index contributed by atoms with van der Waals surface area (Å²) in [6, 6.07) is 14.8. The van der Waals surface area contributed by atoms with E-state index in [1.54, 1.807) is 12.0 Å². The average Bonchev–Trinajstić information content (AvgIpc) is 3.24. The van der Waals surface area contributed by atoms with E-state index in [1.165, 1.54) is 11.3 Å². The lowest BCUT2D eigenvalue weighted by atomic mass is 10.1. The number of thiazole rings is 1. The van der Waals surface area contributed by atoms with Gasteiger partial charge in [-0.05, 0) is 43.7 Å². The second-order valence-corrected chi connectivity index (χ2v) is 7.19. The zero-order valence-electron chi connectivity index (χ0n) is 16.3. The number of aromatic nitrogens is 1. The Bertz CT molecular complexity index is 933. The summed E-state index contributed by atoms with van der Waals surface area (Å²) in [5.74, 6) is 0.756. The lowest BCUT2D eigenvalue weighted by molar-refractivity contribution is 0.0773. The maximum atomic E-state index is 12.6. The van der Waals surface area contributed by atoms with Crippen molar-refractivity contribution in [2.24, 2.45) is 0 Å². The number of aliphatic hydroxyl groups is 1. The number of carbonyl (C=O) groups is 1. The van der Waals surface area contributed by atoms with E-state index in [0.717, 1.165) is 22.6 Å². The van der Waals surface area contributed by atoms with Crippen LogP contribution < -0.4 is 4.74 Å². The van der Waals surface area contributed by atoms with E-state index in [1.807, 2.05) is 67.8 Å². The molecule has 3 aromatic rings. The standard InChI is InChI=1S/C22H24N2O3S/c1-4-24(5-2)22(26)17-8-6-7-16(13-17)19-14-28-21(23-19)20(25)15-9-11-18(27-3)12-10-15/h6-14,20,25H,4-5H2,1-3H3. The number of ether oxygens (including phenoxy) is 1. The summed E-state index contributed by atoms with van der Waals surface area (Å²) in [6.07, 6.45) is -0.801. The smallest absolute Gasteiger partial charge is 0.253 e. The minimum absolute atomic E-state index is 0.0144. The molecular weight excluding hydrogens is 372 g/mol. The van der Waals surface area contributed by atoms with E-state index in [0.29, 0.717) is 23.7 Å². The molecule has 1 atom stereocenters. The summed E-state index contributed by atoms with van der Waals surface area (Å²) >= 11 is 1.40. The van der Waals surface area contributed by atoms with Crippen LogP contribution in [0, 0.1) is 0 Å². The van der Waals surface area contributed by atoms with Crippen LogP contribution in [0.4, 0.5) is 0 Å². The number of amides is 1. The van der Waals surface area contributed by atoms with Gasteiger partial charge in [0.15, 0.2) is 0 Å². The molecule has 0 aliphatic heterocycles. The van der Waals surface area contributed by atoms with Gasteiger partial charge in [0.1, 0.15) is 16.9 Å². The van der Waals surface area contributed by atoms with Crippen LogP contribution >= 0.6 is 11.3 Å². The Balaban J connectivity index is 1.83. The van der Waals surface area contributed by atoms with Crippen molar-refractivity contribution >= 4 is 17.2 Å². The van der Waals surface area contributed by atoms with Crippen LogP contribution in [0.1, 0.15) is 40.9 Å². The van der Waals surface area contributed by atoms with Crippen molar-refractivity contribution in [3.8, 4) is 17.0 Å². The van der Waals surface area contributed by atoms with Gasteiger partial charge in [0.2, 0.25) is 0 Å². The van der Waals surface area contributed by atoms with Crippen LogP contribution in [0.15, 0.2) is 53.9 Å². The van der Waals surface area contributed by atoms with Crippen LogP contribution in [-0.2, 0) is 0 Å². The molecule has 0 aliphatic rings. The number of aliphatic hydroxyl groups excluding tert-OH is 1. The third-order valence-electron chi connectivity index (χ3n) is 4.64. The monoisotopic (exact) mass is 396 g/mol. The minimum atomic E-state index is -0.801. The topological polar surface area (TPSA) is 62.7 Å². The highest BCUT2D eigenvalue weighted by atomic mass is 32.1. The Morgan fingerprint density at radius 1 is 1.18 bits per heavy atom. The Morgan fingerprint density at radius 2 is 1.89 bits per heavy atom. The Morgan fingerprint density at radius 3 is 2.54 bits per heavy atom. The van der Waals surface area contributed by atoms with Gasteiger partial charge < -0.3 is 14.7 Å². The molecule has 1 heterocycles. The lowest BCUT2D eigenvalue weighted by Crippen LogP contribution is -2.30. The second kappa shape index (κ2) is 8.99. The molecule has 0 saturated heterocycles. The summed E-state index contributed by atoms with van der Waals surface area (Å²) in [6.45, 7) is 5.29. The zero-order valence-corrected chi connectivity index (χ0v) is 17.1. The molecule has 1 aromatic heterocycles. The largest absolute Gasteiger partial charge is 0.497 e. The summed E-state index contributed by atoms with van der Waals surface area (Å²) in [7, 11) is 1.61. The molecule has 0 spiro atoms. The SMILES string of the molecule is CCN(CC)C(=O)c1cccc(-c2csc(C(O)c3ccc(OC)cc3)n2)c1. The fraction of sp³-hybridized carbons (Fsp3) is 0.273. The minimum Gasteiger partial charge on any atom is -0.497 e. The first kappa shape index (κ1) is 20.0. The summed E-state index contributed by atoms with van der Waals surface area (Å²) in [5.41, 5.74) is 3.02. The molecule has 2 aromatic carbocycles. The summed E-state index contributed by atoms with van der Waals surface area (Å²) in [5, 5.41) is 13.2. The van der Waals surface area contributed by atoms with Gasteiger partial charge in [-0.2, -0.15) is 0 Å². The third-order valence-corrected chi connectivity index (χ3v) is 5.54. The predicted molar refractivity (Wildman–Crippen MR) is 112 cm³/mol. The molecule has 6 heteroatoms. The highest BCUT2D eigenvalue weighted by Crippen LogP contribution is 2.30. The molecule has 0 bridgehead atoms. The average molecular weight is 397 g/mol. The molecule has 0 fully saturated rings. The number of carbonyl (C=O) groups excluding carboxylic acids is 1.